The molecule has 0 bridgehead atoms. The molecule has 4 atom stereocenters. The molecule has 2 aliphatic heterocycles. The molecular formula is C18H25NO4. The molecule has 0 aromatic heterocycles. The zero-order valence-electron chi connectivity index (χ0n) is 13.5. The van der Waals surface area contributed by atoms with Crippen molar-refractivity contribution in [3.8, 4) is 0 Å². The normalized spacial score (nSPS) is 37.3. The third kappa shape index (κ3) is 3.01. The van der Waals surface area contributed by atoms with E-state index in [1.807, 2.05) is 12.2 Å². The van der Waals surface area contributed by atoms with Gasteiger partial charge in [0.15, 0.2) is 0 Å². The molecule has 5 heteroatoms. The van der Waals surface area contributed by atoms with Crippen molar-refractivity contribution in [2.45, 2.75) is 56.8 Å². The van der Waals surface area contributed by atoms with E-state index < -0.39 is 11.6 Å². The van der Waals surface area contributed by atoms with Gasteiger partial charge >= 0.3 is 5.97 Å². The Morgan fingerprint density at radius 1 is 1.48 bits per heavy atom. The molecule has 3 rings (SSSR count). The van der Waals surface area contributed by atoms with Crippen molar-refractivity contribution in [1.82, 2.24) is 5.06 Å². The van der Waals surface area contributed by atoms with Crippen molar-refractivity contribution < 1.29 is 19.8 Å². The van der Waals surface area contributed by atoms with Crippen molar-refractivity contribution in [3.05, 3.63) is 36.0 Å². The van der Waals surface area contributed by atoms with Crippen LogP contribution in [0.3, 0.4) is 0 Å². The maximum atomic E-state index is 10.6. The molecule has 2 N–H and O–H groups in total. The molecule has 23 heavy (non-hydrogen) atoms. The van der Waals surface area contributed by atoms with E-state index in [0.717, 1.165) is 18.1 Å². The van der Waals surface area contributed by atoms with Crippen LogP contribution in [0.1, 0.15) is 39.0 Å². The highest BCUT2D eigenvalue weighted by molar-refractivity contribution is 5.80. The van der Waals surface area contributed by atoms with Gasteiger partial charge in [0.25, 0.3) is 0 Å². The van der Waals surface area contributed by atoms with Crippen LogP contribution < -0.4 is 0 Å². The van der Waals surface area contributed by atoms with E-state index in [0.29, 0.717) is 12.5 Å². The molecule has 0 amide bonds. The second kappa shape index (κ2) is 6.59. The Labute approximate surface area is 136 Å². The lowest BCUT2D eigenvalue weighted by Crippen LogP contribution is -2.50. The van der Waals surface area contributed by atoms with E-state index in [1.165, 1.54) is 36.8 Å². The van der Waals surface area contributed by atoms with E-state index in [2.05, 4.69) is 6.92 Å². The summed E-state index contributed by atoms with van der Waals surface area (Å²) in [6, 6.07) is -0.149. The fourth-order valence-electron chi connectivity index (χ4n) is 4.00. The van der Waals surface area contributed by atoms with Crippen molar-refractivity contribution in [2.24, 2.45) is 5.92 Å². The van der Waals surface area contributed by atoms with Gasteiger partial charge in [-0.3, -0.25) is 0 Å². The molecule has 0 radical (unpaired) electrons. The van der Waals surface area contributed by atoms with Crippen LogP contribution in [0.15, 0.2) is 36.0 Å². The highest BCUT2D eigenvalue weighted by atomic mass is 16.6. The summed E-state index contributed by atoms with van der Waals surface area (Å²) in [5.41, 5.74) is 0.493. The Hall–Kier alpha value is -1.43. The Morgan fingerprint density at radius 3 is 3.04 bits per heavy atom. The number of epoxide rings is 1. The van der Waals surface area contributed by atoms with Gasteiger partial charge in [-0.25, -0.2) is 4.79 Å². The van der Waals surface area contributed by atoms with Crippen LogP contribution in [-0.4, -0.2) is 45.6 Å². The summed E-state index contributed by atoms with van der Waals surface area (Å²) in [5, 5.41) is 20.4. The van der Waals surface area contributed by atoms with Gasteiger partial charge in [0.2, 0.25) is 0 Å². The number of carboxylic acids is 1. The topological polar surface area (TPSA) is 73.3 Å². The minimum Gasteiger partial charge on any atom is -0.478 e. The molecule has 3 aliphatic rings. The van der Waals surface area contributed by atoms with E-state index >= 15 is 0 Å². The summed E-state index contributed by atoms with van der Waals surface area (Å²) in [5.74, 6) is -0.632. The number of unbranched alkanes of at least 4 members (excludes halogenated alkanes) is 3. The van der Waals surface area contributed by atoms with Crippen LogP contribution in [0, 0.1) is 5.92 Å². The first kappa shape index (κ1) is 16.4. The quantitative estimate of drug-likeness (QED) is 0.429. The lowest BCUT2D eigenvalue weighted by Gasteiger charge is -2.34. The monoisotopic (exact) mass is 319 g/mol. The number of hydroxylamine groups is 2. The van der Waals surface area contributed by atoms with E-state index in [1.54, 1.807) is 6.08 Å². The van der Waals surface area contributed by atoms with Crippen LogP contribution in [-0.2, 0) is 9.53 Å². The Bertz CT molecular complexity index is 553. The number of ether oxygens (including phenoxy) is 1. The maximum Gasteiger partial charge on any atom is 0.328 e. The molecule has 2 fully saturated rings. The molecule has 0 aromatic rings. The highest BCUT2D eigenvalue weighted by Crippen LogP contribution is 2.58. The number of carbonyl (C=O) groups is 1. The number of carboxylic acid groups (broad SMARTS) is 1. The lowest BCUT2D eigenvalue weighted by atomic mass is 9.81. The molecule has 2 heterocycles. The summed E-state index contributed by atoms with van der Waals surface area (Å²) < 4.78 is 6.09. The molecule has 0 aromatic carbocycles. The third-order valence-electron chi connectivity index (χ3n) is 5.15. The predicted octanol–water partition coefficient (Wildman–Crippen LogP) is 2.92. The number of allylic oxidation sites excluding steroid dienone is 2. The van der Waals surface area contributed by atoms with Crippen LogP contribution in [0.25, 0.3) is 0 Å². The molecule has 126 valence electrons. The standard InChI is InChI=1S/C18H25NO4/c1-2-3-4-5-7-13-12-19(22)15-11-10-14(8-6-9-16(20)21)18(15)17(13)23-18/h6,8-11,13,15,17,22H,2-5,7,12H2,1H3,(H,20,21)/b9-6+,14-8?/t13-,15-,17+,18-/m0/s1. The average Bonchev–Trinajstić information content (AvgIpc) is 3.14. The zero-order chi connectivity index (χ0) is 16.4. The summed E-state index contributed by atoms with van der Waals surface area (Å²) in [6.45, 7) is 2.84. The van der Waals surface area contributed by atoms with Crippen molar-refractivity contribution >= 4 is 5.97 Å². The zero-order valence-corrected chi connectivity index (χ0v) is 13.5. The maximum absolute atomic E-state index is 10.6. The number of nitrogens with zero attached hydrogens (tertiary/aromatic N) is 1. The van der Waals surface area contributed by atoms with Gasteiger partial charge in [0.1, 0.15) is 5.60 Å². The van der Waals surface area contributed by atoms with Crippen molar-refractivity contribution in [3.63, 3.8) is 0 Å². The third-order valence-corrected chi connectivity index (χ3v) is 5.15. The largest absolute Gasteiger partial charge is 0.478 e. The number of piperidine rings is 1. The molecule has 0 saturated carbocycles. The van der Waals surface area contributed by atoms with Gasteiger partial charge in [0, 0.05) is 18.5 Å². The van der Waals surface area contributed by atoms with Gasteiger partial charge in [-0.15, -0.1) is 0 Å². The number of hydrogen-bond acceptors (Lipinski definition) is 4. The van der Waals surface area contributed by atoms with Gasteiger partial charge in [-0.2, -0.15) is 5.06 Å². The molecule has 1 spiro atoms. The smallest absolute Gasteiger partial charge is 0.328 e. The van der Waals surface area contributed by atoms with Gasteiger partial charge in [0.05, 0.1) is 12.1 Å². The Balaban J connectivity index is 1.69. The second-order valence-corrected chi connectivity index (χ2v) is 6.69. The predicted molar refractivity (Wildman–Crippen MR) is 86.1 cm³/mol. The van der Waals surface area contributed by atoms with Crippen LogP contribution in [0.4, 0.5) is 0 Å². The summed E-state index contributed by atoms with van der Waals surface area (Å²) in [4.78, 5) is 10.6. The van der Waals surface area contributed by atoms with Crippen LogP contribution >= 0.6 is 0 Å². The minimum absolute atomic E-state index is 0.136. The molecule has 5 nitrogen and oxygen atoms in total. The summed E-state index contributed by atoms with van der Waals surface area (Å²) in [6.07, 6.45) is 14.4. The van der Waals surface area contributed by atoms with Crippen LogP contribution in [0.5, 0.6) is 0 Å². The number of hydrogen-bond donors (Lipinski definition) is 2. The van der Waals surface area contributed by atoms with Gasteiger partial charge in [-0.05, 0) is 12.0 Å². The first-order valence-corrected chi connectivity index (χ1v) is 8.53. The highest BCUT2D eigenvalue weighted by Gasteiger charge is 2.70. The second-order valence-electron chi connectivity index (χ2n) is 6.69. The van der Waals surface area contributed by atoms with Crippen molar-refractivity contribution in [2.75, 3.05) is 6.54 Å². The minimum atomic E-state index is -0.965. The van der Waals surface area contributed by atoms with Crippen molar-refractivity contribution in [1.29, 1.82) is 0 Å². The lowest BCUT2D eigenvalue weighted by molar-refractivity contribution is -0.141. The molecule has 2 saturated heterocycles. The average molecular weight is 319 g/mol. The molecular weight excluding hydrogens is 294 g/mol. The fraction of sp³-hybridized carbons (Fsp3) is 0.611. The number of aliphatic carboxylic acids is 1. The molecule has 0 unspecified atom stereocenters. The van der Waals surface area contributed by atoms with Crippen LogP contribution in [0.2, 0.25) is 0 Å². The Morgan fingerprint density at radius 2 is 2.30 bits per heavy atom. The first-order valence-electron chi connectivity index (χ1n) is 8.53. The van der Waals surface area contributed by atoms with Gasteiger partial charge in [-0.1, -0.05) is 56.9 Å². The number of rotatable bonds is 7. The van der Waals surface area contributed by atoms with E-state index in [9.17, 15) is 10.0 Å². The summed E-state index contributed by atoms with van der Waals surface area (Å²) in [7, 11) is 0. The first-order chi connectivity index (χ1) is 11.1. The molecule has 1 aliphatic carbocycles. The fourth-order valence-corrected chi connectivity index (χ4v) is 4.00. The van der Waals surface area contributed by atoms with E-state index in [-0.39, 0.29) is 12.1 Å². The van der Waals surface area contributed by atoms with Gasteiger partial charge < -0.3 is 15.1 Å². The van der Waals surface area contributed by atoms with E-state index in [4.69, 9.17) is 9.84 Å². The Kier molecular flexibility index (Phi) is 4.71. The SMILES string of the molecule is CCCCCC[C@H]1CN(O)[C@H]2C=CC(=C/C=C/C(=O)O)[C@]23O[C@H]13. The summed E-state index contributed by atoms with van der Waals surface area (Å²) >= 11 is 0.